The summed E-state index contributed by atoms with van der Waals surface area (Å²) in [5.74, 6) is -0.947. The number of hydrogen-bond acceptors (Lipinski definition) is 3. The van der Waals surface area contributed by atoms with Crippen molar-refractivity contribution in [3.05, 3.63) is 39.7 Å². The Kier molecular flexibility index (Phi) is 5.12. The highest BCUT2D eigenvalue weighted by molar-refractivity contribution is 6.20. The van der Waals surface area contributed by atoms with Crippen molar-refractivity contribution in [3.63, 3.8) is 0 Å². The van der Waals surface area contributed by atoms with Gasteiger partial charge in [0.1, 0.15) is 11.4 Å². The highest BCUT2D eigenvalue weighted by atomic mass is 35.5. The van der Waals surface area contributed by atoms with Crippen LogP contribution in [0.25, 0.3) is 0 Å². The van der Waals surface area contributed by atoms with Gasteiger partial charge in [0.05, 0.1) is 11.0 Å². The van der Waals surface area contributed by atoms with Gasteiger partial charge in [0.25, 0.3) is 11.6 Å². The summed E-state index contributed by atoms with van der Waals surface area (Å²) in [5, 5.41) is 13.8. The third-order valence-corrected chi connectivity index (χ3v) is 4.17. The molecule has 1 aliphatic rings. The first-order valence-electron chi connectivity index (χ1n) is 6.83. The van der Waals surface area contributed by atoms with Crippen molar-refractivity contribution in [2.45, 2.75) is 31.1 Å². The number of rotatable bonds is 4. The Morgan fingerprint density at radius 2 is 2.05 bits per heavy atom. The fourth-order valence-corrected chi connectivity index (χ4v) is 2.76. The van der Waals surface area contributed by atoms with Gasteiger partial charge in [-0.05, 0) is 43.7 Å². The van der Waals surface area contributed by atoms with Crippen LogP contribution in [0.15, 0.2) is 18.2 Å². The lowest BCUT2D eigenvalue weighted by Gasteiger charge is -2.25. The predicted octanol–water partition coefficient (Wildman–Crippen LogP) is 3.26. The summed E-state index contributed by atoms with van der Waals surface area (Å²) in [4.78, 5) is 22.1. The topological polar surface area (TPSA) is 72.2 Å². The van der Waals surface area contributed by atoms with Crippen LogP contribution in [0, 0.1) is 21.8 Å². The van der Waals surface area contributed by atoms with E-state index in [4.69, 9.17) is 11.6 Å². The number of amides is 1. The summed E-state index contributed by atoms with van der Waals surface area (Å²) in [6.07, 6.45) is 3.69. The highest BCUT2D eigenvalue weighted by Gasteiger charge is 2.23. The molecule has 1 aromatic carbocycles. The molecule has 0 heterocycles. The van der Waals surface area contributed by atoms with Crippen LogP contribution in [-0.4, -0.2) is 22.8 Å². The highest BCUT2D eigenvalue weighted by Crippen LogP contribution is 2.27. The average Bonchev–Trinajstić information content (AvgIpc) is 2.46. The fraction of sp³-hybridized carbons (Fsp3) is 0.500. The van der Waals surface area contributed by atoms with Crippen molar-refractivity contribution in [1.82, 2.24) is 5.32 Å². The van der Waals surface area contributed by atoms with Gasteiger partial charge >= 0.3 is 0 Å². The molecule has 1 aromatic rings. The van der Waals surface area contributed by atoms with Crippen molar-refractivity contribution in [1.29, 1.82) is 0 Å². The second kappa shape index (κ2) is 6.85. The molecule has 0 radical (unpaired) electrons. The molecular weight excluding hydrogens is 299 g/mol. The number of carbonyl (C=O) groups is 1. The van der Waals surface area contributed by atoms with Crippen molar-refractivity contribution in [3.8, 4) is 0 Å². The van der Waals surface area contributed by atoms with Gasteiger partial charge in [-0.2, -0.15) is 0 Å². The molecule has 1 N–H and O–H groups in total. The molecule has 0 atom stereocenters. The lowest BCUT2D eigenvalue weighted by molar-refractivity contribution is -0.385. The lowest BCUT2D eigenvalue weighted by Crippen LogP contribution is -2.31. The summed E-state index contributed by atoms with van der Waals surface area (Å²) in [7, 11) is 0. The summed E-state index contributed by atoms with van der Waals surface area (Å²) in [6.45, 7) is 0.455. The number of hydrogen-bond donors (Lipinski definition) is 1. The molecule has 5 nitrogen and oxygen atoms in total. The van der Waals surface area contributed by atoms with E-state index in [9.17, 15) is 19.3 Å². The summed E-state index contributed by atoms with van der Waals surface area (Å²) in [6, 6.07) is 2.94. The average molecular weight is 315 g/mol. The van der Waals surface area contributed by atoms with Crippen molar-refractivity contribution < 1.29 is 14.1 Å². The Morgan fingerprint density at radius 3 is 2.67 bits per heavy atom. The normalized spacial score (nSPS) is 21.8. The molecule has 0 unspecified atom stereocenters. The number of nitro benzene ring substituents is 1. The Morgan fingerprint density at radius 1 is 1.38 bits per heavy atom. The summed E-state index contributed by atoms with van der Waals surface area (Å²) < 4.78 is 13.0. The van der Waals surface area contributed by atoms with Crippen LogP contribution in [0.1, 0.15) is 36.0 Å². The first-order chi connectivity index (χ1) is 9.97. The van der Waals surface area contributed by atoms with Crippen molar-refractivity contribution in [2.75, 3.05) is 6.54 Å². The van der Waals surface area contributed by atoms with Crippen LogP contribution < -0.4 is 5.32 Å². The van der Waals surface area contributed by atoms with Gasteiger partial charge < -0.3 is 5.32 Å². The van der Waals surface area contributed by atoms with Crippen LogP contribution >= 0.6 is 11.6 Å². The zero-order valence-corrected chi connectivity index (χ0v) is 12.1. The van der Waals surface area contributed by atoms with E-state index in [0.29, 0.717) is 12.5 Å². The van der Waals surface area contributed by atoms with E-state index in [-0.39, 0.29) is 10.9 Å². The minimum absolute atomic E-state index is 0.118. The SMILES string of the molecule is O=C(NCC1CCC(Cl)CC1)c1ccc(F)cc1[N+](=O)[O-]. The van der Waals surface area contributed by atoms with Gasteiger partial charge in [-0.3, -0.25) is 14.9 Å². The van der Waals surface area contributed by atoms with E-state index in [2.05, 4.69) is 5.32 Å². The zero-order valence-electron chi connectivity index (χ0n) is 11.4. The summed E-state index contributed by atoms with van der Waals surface area (Å²) >= 11 is 6.01. The molecule has 114 valence electrons. The minimum Gasteiger partial charge on any atom is -0.352 e. The second-order valence-corrected chi connectivity index (χ2v) is 5.86. The van der Waals surface area contributed by atoms with Crippen LogP contribution in [-0.2, 0) is 0 Å². The Labute approximate surface area is 126 Å². The number of halogens is 2. The first kappa shape index (κ1) is 15.7. The second-order valence-electron chi connectivity index (χ2n) is 5.25. The Hall–Kier alpha value is -1.69. The maximum Gasteiger partial charge on any atom is 0.285 e. The Balaban J connectivity index is 1.99. The maximum atomic E-state index is 13.0. The van der Waals surface area contributed by atoms with E-state index in [0.717, 1.165) is 43.9 Å². The standard InChI is InChI=1S/C14H16ClFN2O3/c15-10-3-1-9(2-4-10)8-17-14(19)12-6-5-11(16)7-13(12)18(20)21/h5-7,9-10H,1-4,8H2,(H,17,19). The van der Waals surface area contributed by atoms with E-state index in [1.807, 2.05) is 0 Å². The van der Waals surface area contributed by atoms with E-state index in [1.54, 1.807) is 0 Å². The quantitative estimate of drug-likeness (QED) is 0.526. The molecule has 1 amide bonds. The van der Waals surface area contributed by atoms with E-state index >= 15 is 0 Å². The molecule has 7 heteroatoms. The largest absolute Gasteiger partial charge is 0.352 e. The number of carbonyl (C=O) groups excluding carboxylic acids is 1. The number of alkyl halides is 1. The zero-order chi connectivity index (χ0) is 15.4. The molecule has 0 aromatic heterocycles. The lowest BCUT2D eigenvalue weighted by atomic mass is 9.89. The van der Waals surface area contributed by atoms with E-state index < -0.39 is 22.3 Å². The van der Waals surface area contributed by atoms with Crippen molar-refractivity contribution >= 4 is 23.2 Å². The number of nitrogens with one attached hydrogen (secondary N) is 1. The smallest absolute Gasteiger partial charge is 0.285 e. The fourth-order valence-electron chi connectivity index (χ4n) is 2.51. The summed E-state index contributed by atoms with van der Waals surface area (Å²) in [5.41, 5.74) is -0.635. The molecule has 1 saturated carbocycles. The molecule has 1 fully saturated rings. The van der Waals surface area contributed by atoms with Gasteiger partial charge in [-0.1, -0.05) is 0 Å². The third kappa shape index (κ3) is 4.14. The number of nitrogens with zero attached hydrogens (tertiary/aromatic N) is 1. The van der Waals surface area contributed by atoms with Gasteiger partial charge in [-0.25, -0.2) is 4.39 Å². The Bertz CT molecular complexity index is 545. The van der Waals surface area contributed by atoms with Crippen LogP contribution in [0.2, 0.25) is 0 Å². The van der Waals surface area contributed by atoms with Gasteiger partial charge in [0, 0.05) is 11.9 Å². The van der Waals surface area contributed by atoms with Gasteiger partial charge in [0.15, 0.2) is 0 Å². The molecule has 21 heavy (non-hydrogen) atoms. The molecule has 2 rings (SSSR count). The number of benzene rings is 1. The molecule has 0 bridgehead atoms. The first-order valence-corrected chi connectivity index (χ1v) is 7.27. The maximum absolute atomic E-state index is 13.0. The van der Waals surface area contributed by atoms with Gasteiger partial charge in [0.2, 0.25) is 0 Å². The molecule has 0 spiro atoms. The van der Waals surface area contributed by atoms with Crippen LogP contribution in [0.5, 0.6) is 0 Å². The van der Waals surface area contributed by atoms with E-state index in [1.165, 1.54) is 0 Å². The van der Waals surface area contributed by atoms with Crippen LogP contribution in [0.3, 0.4) is 0 Å². The third-order valence-electron chi connectivity index (χ3n) is 3.73. The van der Waals surface area contributed by atoms with Crippen molar-refractivity contribution in [2.24, 2.45) is 5.92 Å². The van der Waals surface area contributed by atoms with Crippen LogP contribution in [0.4, 0.5) is 10.1 Å². The monoisotopic (exact) mass is 314 g/mol. The minimum atomic E-state index is -0.753. The predicted molar refractivity (Wildman–Crippen MR) is 77.0 cm³/mol. The molecule has 0 saturated heterocycles. The molecule has 1 aliphatic carbocycles. The molecule has 0 aliphatic heterocycles. The van der Waals surface area contributed by atoms with Gasteiger partial charge in [-0.15, -0.1) is 11.6 Å². The molecular formula is C14H16ClFN2O3. The number of nitro groups is 1.